The Labute approximate surface area is 122 Å². The van der Waals surface area contributed by atoms with Crippen molar-refractivity contribution in [3.63, 3.8) is 0 Å². The minimum absolute atomic E-state index is 0.271. The molecule has 0 amide bonds. The topological polar surface area (TPSA) is 36.4 Å². The second-order valence-corrected chi connectivity index (χ2v) is 3.98. The molecule has 0 aromatic heterocycles. The van der Waals surface area contributed by atoms with Crippen LogP contribution in [0.4, 0.5) is 13.2 Å². The predicted molar refractivity (Wildman–Crippen MR) is 77.9 cm³/mol. The fraction of sp³-hybridized carbons (Fsp3) is 0.267. The van der Waals surface area contributed by atoms with E-state index in [0.29, 0.717) is 18.1 Å². The zero-order chi connectivity index (χ0) is 15.7. The Balaban J connectivity index is 2.61. The van der Waals surface area contributed by atoms with Crippen LogP contribution in [0.25, 0.3) is 0 Å². The van der Waals surface area contributed by atoms with E-state index in [1.54, 1.807) is 13.1 Å². The van der Waals surface area contributed by atoms with Crippen molar-refractivity contribution in [3.05, 3.63) is 48.0 Å². The molecule has 0 aliphatic heterocycles. The van der Waals surface area contributed by atoms with Crippen LogP contribution in [-0.2, 0) is 6.18 Å². The first-order chi connectivity index (χ1) is 9.97. The van der Waals surface area contributed by atoms with E-state index in [1.807, 2.05) is 0 Å². The Bertz CT molecular complexity index is 566. The highest BCUT2D eigenvalue weighted by molar-refractivity contribution is 5.80. The molecule has 0 bridgehead atoms. The Morgan fingerprint density at radius 3 is 2.76 bits per heavy atom. The van der Waals surface area contributed by atoms with Crippen molar-refractivity contribution < 1.29 is 13.2 Å². The lowest BCUT2D eigenvalue weighted by Gasteiger charge is -2.07. The lowest BCUT2D eigenvalue weighted by atomic mass is 10.1. The molecule has 0 spiro atoms. The van der Waals surface area contributed by atoms with Gasteiger partial charge in [-0.2, -0.15) is 13.2 Å². The van der Waals surface area contributed by atoms with E-state index in [9.17, 15) is 13.2 Å². The summed E-state index contributed by atoms with van der Waals surface area (Å²) in [6.07, 6.45) is -2.67. The van der Waals surface area contributed by atoms with Crippen molar-refractivity contribution >= 4 is 5.96 Å². The number of nitrogens with zero attached hydrogens (tertiary/aromatic N) is 1. The van der Waals surface area contributed by atoms with E-state index < -0.39 is 11.7 Å². The van der Waals surface area contributed by atoms with E-state index in [2.05, 4.69) is 34.0 Å². The largest absolute Gasteiger partial charge is 0.416 e. The highest BCUT2D eigenvalue weighted by atomic mass is 19.4. The average molecular weight is 295 g/mol. The molecule has 0 fully saturated rings. The monoisotopic (exact) mass is 295 g/mol. The molecule has 0 saturated carbocycles. The van der Waals surface area contributed by atoms with Crippen molar-refractivity contribution in [1.82, 2.24) is 10.6 Å². The van der Waals surface area contributed by atoms with Crippen LogP contribution < -0.4 is 10.6 Å². The normalized spacial score (nSPS) is 11.3. The van der Waals surface area contributed by atoms with Crippen molar-refractivity contribution in [3.8, 4) is 11.8 Å². The zero-order valence-electron chi connectivity index (χ0n) is 11.6. The second-order valence-electron chi connectivity index (χ2n) is 3.98. The number of halogens is 3. The molecular formula is C15H16F3N3. The van der Waals surface area contributed by atoms with Gasteiger partial charge in [-0.3, -0.25) is 4.99 Å². The van der Waals surface area contributed by atoms with Crippen LogP contribution >= 0.6 is 0 Å². The number of benzene rings is 1. The van der Waals surface area contributed by atoms with Crippen LogP contribution in [-0.4, -0.2) is 26.1 Å². The summed E-state index contributed by atoms with van der Waals surface area (Å²) in [4.78, 5) is 3.95. The van der Waals surface area contributed by atoms with E-state index in [1.165, 1.54) is 12.1 Å². The quantitative estimate of drug-likeness (QED) is 0.389. The smallest absolute Gasteiger partial charge is 0.353 e. The molecule has 0 unspecified atom stereocenters. The van der Waals surface area contributed by atoms with E-state index in [0.717, 1.165) is 12.1 Å². The molecule has 1 aromatic rings. The Hall–Kier alpha value is -2.42. The maximum atomic E-state index is 12.5. The first kappa shape index (κ1) is 16.6. The summed E-state index contributed by atoms with van der Waals surface area (Å²) in [5, 5.41) is 5.87. The third-order valence-electron chi connectivity index (χ3n) is 2.40. The fourth-order valence-corrected chi connectivity index (χ4v) is 1.44. The average Bonchev–Trinajstić information content (AvgIpc) is 2.46. The van der Waals surface area contributed by atoms with Crippen molar-refractivity contribution in [2.75, 3.05) is 20.1 Å². The number of alkyl halides is 3. The molecule has 0 aliphatic rings. The van der Waals surface area contributed by atoms with Gasteiger partial charge in [-0.1, -0.05) is 24.0 Å². The van der Waals surface area contributed by atoms with Crippen LogP contribution in [0.5, 0.6) is 0 Å². The molecule has 0 heterocycles. The molecule has 21 heavy (non-hydrogen) atoms. The maximum Gasteiger partial charge on any atom is 0.416 e. The SMILES string of the molecule is C=CCNC(=NC)NCC#Cc1cccc(C(F)(F)F)c1. The highest BCUT2D eigenvalue weighted by Gasteiger charge is 2.30. The summed E-state index contributed by atoms with van der Waals surface area (Å²) >= 11 is 0. The van der Waals surface area contributed by atoms with Gasteiger partial charge in [-0.25, -0.2) is 0 Å². The molecule has 1 rings (SSSR count). The molecule has 112 valence electrons. The van der Waals surface area contributed by atoms with Crippen LogP contribution in [0.15, 0.2) is 41.9 Å². The van der Waals surface area contributed by atoms with Gasteiger partial charge in [0.05, 0.1) is 12.1 Å². The molecule has 0 aliphatic carbocycles. The van der Waals surface area contributed by atoms with E-state index in [4.69, 9.17) is 0 Å². The number of guanidine groups is 1. The van der Waals surface area contributed by atoms with Crippen molar-refractivity contribution in [2.24, 2.45) is 4.99 Å². The number of hydrogen-bond acceptors (Lipinski definition) is 1. The van der Waals surface area contributed by atoms with Crippen LogP contribution in [0, 0.1) is 11.8 Å². The van der Waals surface area contributed by atoms with Crippen LogP contribution in [0.1, 0.15) is 11.1 Å². The summed E-state index contributed by atoms with van der Waals surface area (Å²) in [5.74, 6) is 5.97. The number of hydrogen-bond donors (Lipinski definition) is 2. The highest BCUT2D eigenvalue weighted by Crippen LogP contribution is 2.29. The summed E-state index contributed by atoms with van der Waals surface area (Å²) in [6.45, 7) is 4.39. The van der Waals surface area contributed by atoms with Crippen LogP contribution in [0.3, 0.4) is 0 Å². The summed E-state index contributed by atoms with van der Waals surface area (Å²) in [5.41, 5.74) is -0.383. The maximum absolute atomic E-state index is 12.5. The second kappa shape index (κ2) is 8.00. The lowest BCUT2D eigenvalue weighted by Crippen LogP contribution is -2.37. The standard InChI is InChI=1S/C15H16F3N3/c1-3-9-20-14(19-2)21-10-5-7-12-6-4-8-13(11-12)15(16,17)18/h3-4,6,8,11H,1,9-10H2,2H3,(H2,19,20,21). The third-order valence-corrected chi connectivity index (χ3v) is 2.40. The first-order valence-corrected chi connectivity index (χ1v) is 6.19. The van der Waals surface area contributed by atoms with Gasteiger partial charge in [0.15, 0.2) is 5.96 Å². The molecule has 0 atom stereocenters. The number of rotatable bonds is 3. The summed E-state index contributed by atoms with van der Waals surface area (Å²) in [6, 6.07) is 4.92. The number of aliphatic imine (C=N–C) groups is 1. The summed E-state index contributed by atoms with van der Waals surface area (Å²) < 4.78 is 37.6. The lowest BCUT2D eigenvalue weighted by molar-refractivity contribution is -0.137. The molecule has 3 nitrogen and oxygen atoms in total. The molecule has 0 radical (unpaired) electrons. The minimum Gasteiger partial charge on any atom is -0.353 e. The van der Waals surface area contributed by atoms with Gasteiger partial charge in [0, 0.05) is 19.2 Å². The predicted octanol–water partition coefficient (Wildman–Crippen LogP) is 2.41. The van der Waals surface area contributed by atoms with Gasteiger partial charge >= 0.3 is 6.18 Å². The van der Waals surface area contributed by atoms with Gasteiger partial charge < -0.3 is 10.6 Å². The third kappa shape index (κ3) is 6.04. The van der Waals surface area contributed by atoms with Crippen LogP contribution in [0.2, 0.25) is 0 Å². The molecular weight excluding hydrogens is 279 g/mol. The van der Waals surface area contributed by atoms with E-state index >= 15 is 0 Å². The Kier molecular flexibility index (Phi) is 6.34. The molecule has 1 aromatic carbocycles. The van der Waals surface area contributed by atoms with Gasteiger partial charge in [0.2, 0.25) is 0 Å². The van der Waals surface area contributed by atoms with Crippen molar-refractivity contribution in [2.45, 2.75) is 6.18 Å². The van der Waals surface area contributed by atoms with Gasteiger partial charge in [0.25, 0.3) is 0 Å². The molecule has 0 saturated heterocycles. The first-order valence-electron chi connectivity index (χ1n) is 6.19. The van der Waals surface area contributed by atoms with E-state index in [-0.39, 0.29) is 6.54 Å². The Morgan fingerprint density at radius 2 is 2.14 bits per heavy atom. The van der Waals surface area contributed by atoms with Crippen molar-refractivity contribution in [1.29, 1.82) is 0 Å². The van der Waals surface area contributed by atoms with Gasteiger partial charge in [-0.15, -0.1) is 6.58 Å². The summed E-state index contributed by atoms with van der Waals surface area (Å²) in [7, 11) is 1.61. The van der Waals surface area contributed by atoms with Gasteiger partial charge in [0.1, 0.15) is 0 Å². The minimum atomic E-state index is -4.35. The van der Waals surface area contributed by atoms with Gasteiger partial charge in [-0.05, 0) is 18.2 Å². The molecule has 6 heteroatoms. The zero-order valence-corrected chi connectivity index (χ0v) is 11.6. The fourth-order valence-electron chi connectivity index (χ4n) is 1.44. The molecule has 2 N–H and O–H groups in total. The number of nitrogens with one attached hydrogen (secondary N) is 2. The Morgan fingerprint density at radius 1 is 1.38 bits per heavy atom.